The number of aryl methyl sites for hydroxylation is 1. The molecule has 0 fully saturated rings. The topological polar surface area (TPSA) is 73.1 Å². The minimum absolute atomic E-state index is 0.500. The maximum atomic E-state index is 5.88. The van der Waals surface area contributed by atoms with Crippen molar-refractivity contribution in [3.05, 3.63) is 41.2 Å². The number of nitrogens with zero attached hydrogens (tertiary/aromatic N) is 2. The second kappa shape index (κ2) is 6.54. The summed E-state index contributed by atoms with van der Waals surface area (Å²) in [5.74, 6) is 8.57. The van der Waals surface area contributed by atoms with E-state index in [1.165, 1.54) is 5.56 Å². The quantitative estimate of drug-likeness (QED) is 0.649. The summed E-state index contributed by atoms with van der Waals surface area (Å²) < 4.78 is 5.88. The van der Waals surface area contributed by atoms with Gasteiger partial charge < -0.3 is 10.2 Å². The summed E-state index contributed by atoms with van der Waals surface area (Å²) in [4.78, 5) is 8.74. The van der Waals surface area contributed by atoms with Gasteiger partial charge in [-0.3, -0.25) is 0 Å². The van der Waals surface area contributed by atoms with Gasteiger partial charge in [0.05, 0.1) is 5.56 Å². The molecule has 0 unspecified atom stereocenters. The van der Waals surface area contributed by atoms with Crippen LogP contribution in [0.1, 0.15) is 43.6 Å². The van der Waals surface area contributed by atoms with Gasteiger partial charge >= 0.3 is 0 Å². The summed E-state index contributed by atoms with van der Waals surface area (Å²) in [5, 5.41) is 0. The molecule has 1 aromatic heterocycles. The first-order valence-corrected chi connectivity index (χ1v) is 7.17. The number of benzene rings is 1. The number of hydrazine groups is 1. The van der Waals surface area contributed by atoms with E-state index in [1.807, 2.05) is 26.0 Å². The Labute approximate surface area is 125 Å². The van der Waals surface area contributed by atoms with Crippen LogP contribution in [0.15, 0.2) is 24.3 Å². The number of anilines is 1. The molecule has 0 radical (unpaired) electrons. The molecule has 2 aromatic rings. The van der Waals surface area contributed by atoms with E-state index in [0.717, 1.165) is 17.7 Å². The second-order valence-corrected chi connectivity index (χ2v) is 5.24. The van der Waals surface area contributed by atoms with Crippen LogP contribution in [0.4, 0.5) is 5.82 Å². The number of rotatable bonds is 5. The predicted octanol–water partition coefficient (Wildman–Crippen LogP) is 3.55. The minimum atomic E-state index is 0.500. The van der Waals surface area contributed by atoms with E-state index >= 15 is 0 Å². The van der Waals surface area contributed by atoms with Crippen LogP contribution < -0.4 is 16.0 Å². The van der Waals surface area contributed by atoms with Crippen molar-refractivity contribution in [2.24, 2.45) is 5.84 Å². The Kier molecular flexibility index (Phi) is 4.75. The summed E-state index contributed by atoms with van der Waals surface area (Å²) in [6, 6.07) is 8.05. The van der Waals surface area contributed by atoms with Gasteiger partial charge in [-0.1, -0.05) is 32.9 Å². The molecule has 21 heavy (non-hydrogen) atoms. The molecule has 0 amide bonds. The normalized spacial score (nSPS) is 10.8. The number of nitrogen functional groups attached to an aromatic ring is 1. The van der Waals surface area contributed by atoms with E-state index in [4.69, 9.17) is 10.6 Å². The van der Waals surface area contributed by atoms with Crippen LogP contribution in [0.2, 0.25) is 0 Å². The summed E-state index contributed by atoms with van der Waals surface area (Å²) in [6.07, 6.45) is 0.720. The third-order valence-corrected chi connectivity index (χ3v) is 3.36. The molecular weight excluding hydrogens is 264 g/mol. The fourth-order valence-electron chi connectivity index (χ4n) is 1.97. The Balaban J connectivity index is 2.30. The lowest BCUT2D eigenvalue weighted by Gasteiger charge is -2.13. The molecule has 0 aliphatic rings. The average molecular weight is 286 g/mol. The molecule has 1 heterocycles. The molecule has 0 saturated carbocycles. The standard InChI is InChI=1S/C16H22N4O/c1-5-14-18-15(20-17)11(4)16(19-14)21-13-8-6-12(7-9-13)10(2)3/h6-10H,5,17H2,1-4H3,(H,18,19,20). The van der Waals surface area contributed by atoms with Crippen LogP contribution in [0.3, 0.4) is 0 Å². The monoisotopic (exact) mass is 286 g/mol. The molecule has 112 valence electrons. The third-order valence-electron chi connectivity index (χ3n) is 3.36. The molecule has 3 N–H and O–H groups in total. The minimum Gasteiger partial charge on any atom is -0.439 e. The van der Waals surface area contributed by atoms with Gasteiger partial charge in [-0.05, 0) is 30.5 Å². The van der Waals surface area contributed by atoms with Gasteiger partial charge in [0.15, 0.2) is 0 Å². The first-order valence-electron chi connectivity index (χ1n) is 7.17. The largest absolute Gasteiger partial charge is 0.439 e. The van der Waals surface area contributed by atoms with Crippen molar-refractivity contribution in [3.8, 4) is 11.6 Å². The molecule has 5 nitrogen and oxygen atoms in total. The zero-order valence-corrected chi connectivity index (χ0v) is 13.0. The van der Waals surface area contributed by atoms with Gasteiger partial charge in [-0.2, -0.15) is 4.98 Å². The van der Waals surface area contributed by atoms with Gasteiger partial charge in [0, 0.05) is 6.42 Å². The molecule has 1 aromatic carbocycles. The lowest BCUT2D eigenvalue weighted by atomic mass is 10.0. The highest BCUT2D eigenvalue weighted by Gasteiger charge is 2.11. The third kappa shape index (κ3) is 3.49. The second-order valence-electron chi connectivity index (χ2n) is 5.24. The molecule has 0 spiro atoms. The van der Waals surface area contributed by atoms with Crippen LogP contribution in [-0.4, -0.2) is 9.97 Å². The van der Waals surface area contributed by atoms with Gasteiger partial charge in [0.2, 0.25) is 5.88 Å². The number of ether oxygens (including phenoxy) is 1. The summed E-state index contributed by atoms with van der Waals surface area (Å²) in [5.41, 5.74) is 4.66. The zero-order chi connectivity index (χ0) is 15.4. The lowest BCUT2D eigenvalue weighted by molar-refractivity contribution is 0.454. The highest BCUT2D eigenvalue weighted by atomic mass is 16.5. The lowest BCUT2D eigenvalue weighted by Crippen LogP contribution is -2.13. The van der Waals surface area contributed by atoms with Gasteiger partial charge in [-0.25, -0.2) is 10.8 Å². The van der Waals surface area contributed by atoms with Crippen LogP contribution in [-0.2, 0) is 6.42 Å². The van der Waals surface area contributed by atoms with Gasteiger partial charge in [-0.15, -0.1) is 0 Å². The highest BCUT2D eigenvalue weighted by molar-refractivity contribution is 5.48. The molecule has 0 aliphatic carbocycles. The van der Waals surface area contributed by atoms with Crippen LogP contribution in [0.25, 0.3) is 0 Å². The first-order chi connectivity index (χ1) is 10.0. The Morgan fingerprint density at radius 3 is 2.38 bits per heavy atom. The molecule has 0 atom stereocenters. The van der Waals surface area contributed by atoms with Crippen molar-refractivity contribution in [2.75, 3.05) is 5.43 Å². The molecular formula is C16H22N4O. The number of hydrogen-bond acceptors (Lipinski definition) is 5. The van der Waals surface area contributed by atoms with Crippen molar-refractivity contribution < 1.29 is 4.74 Å². The Morgan fingerprint density at radius 2 is 1.86 bits per heavy atom. The zero-order valence-electron chi connectivity index (χ0n) is 13.0. The van der Waals surface area contributed by atoms with Gasteiger partial charge in [0.25, 0.3) is 0 Å². The van der Waals surface area contributed by atoms with Crippen molar-refractivity contribution in [1.29, 1.82) is 0 Å². The number of nitrogens with two attached hydrogens (primary N) is 1. The Morgan fingerprint density at radius 1 is 1.19 bits per heavy atom. The molecule has 2 rings (SSSR count). The maximum Gasteiger partial charge on any atom is 0.227 e. The van der Waals surface area contributed by atoms with Crippen LogP contribution in [0, 0.1) is 6.92 Å². The molecule has 0 aliphatic heterocycles. The number of nitrogens with one attached hydrogen (secondary N) is 1. The highest BCUT2D eigenvalue weighted by Crippen LogP contribution is 2.28. The summed E-state index contributed by atoms with van der Waals surface area (Å²) in [6.45, 7) is 8.20. The first kappa shape index (κ1) is 15.3. The van der Waals surface area contributed by atoms with Gasteiger partial charge in [0.1, 0.15) is 17.4 Å². The van der Waals surface area contributed by atoms with E-state index in [9.17, 15) is 0 Å². The van der Waals surface area contributed by atoms with E-state index in [2.05, 4.69) is 41.4 Å². The van der Waals surface area contributed by atoms with E-state index in [1.54, 1.807) is 0 Å². The summed E-state index contributed by atoms with van der Waals surface area (Å²) >= 11 is 0. The van der Waals surface area contributed by atoms with E-state index in [-0.39, 0.29) is 0 Å². The van der Waals surface area contributed by atoms with Crippen molar-refractivity contribution in [2.45, 2.75) is 40.0 Å². The van der Waals surface area contributed by atoms with Crippen molar-refractivity contribution in [1.82, 2.24) is 9.97 Å². The molecule has 0 saturated heterocycles. The predicted molar refractivity (Wildman–Crippen MR) is 84.6 cm³/mol. The maximum absolute atomic E-state index is 5.88. The van der Waals surface area contributed by atoms with E-state index < -0.39 is 0 Å². The van der Waals surface area contributed by atoms with Crippen molar-refractivity contribution in [3.63, 3.8) is 0 Å². The van der Waals surface area contributed by atoms with Crippen LogP contribution in [0.5, 0.6) is 11.6 Å². The fourth-order valence-corrected chi connectivity index (χ4v) is 1.97. The van der Waals surface area contributed by atoms with E-state index in [0.29, 0.717) is 23.4 Å². The molecule has 5 heteroatoms. The van der Waals surface area contributed by atoms with Crippen molar-refractivity contribution >= 4 is 5.82 Å². The molecule has 0 bridgehead atoms. The SMILES string of the molecule is CCc1nc(NN)c(C)c(Oc2ccc(C(C)C)cc2)n1. The smallest absolute Gasteiger partial charge is 0.227 e. The average Bonchev–Trinajstić information content (AvgIpc) is 2.49. The number of hydrogen-bond donors (Lipinski definition) is 2. The Bertz CT molecular complexity index is 608. The number of aromatic nitrogens is 2. The fraction of sp³-hybridized carbons (Fsp3) is 0.375. The Hall–Kier alpha value is -2.14. The summed E-state index contributed by atoms with van der Waals surface area (Å²) in [7, 11) is 0. The van der Waals surface area contributed by atoms with Crippen LogP contribution >= 0.6 is 0 Å².